The van der Waals surface area contributed by atoms with Crippen LogP contribution in [-0.4, -0.2) is 34.0 Å². The summed E-state index contributed by atoms with van der Waals surface area (Å²) in [6, 6.07) is 7.02. The van der Waals surface area contributed by atoms with Crippen LogP contribution in [0.5, 0.6) is 11.5 Å². The molecule has 10 nitrogen and oxygen atoms in total. The molecule has 0 N–H and O–H groups in total. The Kier molecular flexibility index (Phi) is 5.95. The fourth-order valence-corrected chi connectivity index (χ4v) is 2.84. The summed E-state index contributed by atoms with van der Waals surface area (Å²) in [6.07, 6.45) is 1.65. The molecule has 0 radical (unpaired) electrons. The quantitative estimate of drug-likeness (QED) is 0.329. The molecule has 10 heteroatoms. The first-order valence-electron chi connectivity index (χ1n) is 8.99. The van der Waals surface area contributed by atoms with E-state index in [0.29, 0.717) is 5.65 Å². The van der Waals surface area contributed by atoms with Crippen molar-refractivity contribution in [2.45, 2.75) is 20.5 Å². The lowest BCUT2D eigenvalue weighted by molar-refractivity contribution is -0.385. The molecular formula is C20H19N3O7. The van der Waals surface area contributed by atoms with Crippen molar-refractivity contribution in [3.8, 4) is 11.5 Å². The van der Waals surface area contributed by atoms with Crippen molar-refractivity contribution in [3.05, 3.63) is 73.8 Å². The van der Waals surface area contributed by atoms with E-state index in [-0.39, 0.29) is 41.5 Å². The summed E-state index contributed by atoms with van der Waals surface area (Å²) in [7, 11) is 1.34. The zero-order chi connectivity index (χ0) is 21.8. The number of carbonyl (C=O) groups excluding carboxylic acids is 1. The molecule has 0 atom stereocenters. The topological polar surface area (TPSA) is 122 Å². The van der Waals surface area contributed by atoms with Crippen LogP contribution in [0.4, 0.5) is 5.69 Å². The van der Waals surface area contributed by atoms with Gasteiger partial charge in [0.1, 0.15) is 17.8 Å². The number of pyridine rings is 1. The molecule has 156 valence electrons. The lowest BCUT2D eigenvalue weighted by Crippen LogP contribution is -2.17. The second-order valence-corrected chi connectivity index (χ2v) is 6.31. The van der Waals surface area contributed by atoms with Gasteiger partial charge in [0.15, 0.2) is 11.5 Å². The normalized spacial score (nSPS) is 10.6. The van der Waals surface area contributed by atoms with Crippen molar-refractivity contribution in [2.24, 2.45) is 0 Å². The monoisotopic (exact) mass is 413 g/mol. The first-order chi connectivity index (χ1) is 14.3. The van der Waals surface area contributed by atoms with Crippen LogP contribution in [0.2, 0.25) is 0 Å². The lowest BCUT2D eigenvalue weighted by atomic mass is 10.1. The van der Waals surface area contributed by atoms with Gasteiger partial charge in [0.05, 0.1) is 30.4 Å². The zero-order valence-corrected chi connectivity index (χ0v) is 16.6. The zero-order valence-electron chi connectivity index (χ0n) is 16.6. The number of rotatable bonds is 7. The van der Waals surface area contributed by atoms with Crippen molar-refractivity contribution in [2.75, 3.05) is 13.7 Å². The number of methoxy groups -OCH3 is 1. The highest BCUT2D eigenvalue weighted by Gasteiger charge is 2.26. The van der Waals surface area contributed by atoms with E-state index in [1.54, 1.807) is 25.3 Å². The van der Waals surface area contributed by atoms with Crippen LogP contribution in [0.15, 0.2) is 41.3 Å². The van der Waals surface area contributed by atoms with Gasteiger partial charge in [-0.25, -0.2) is 9.78 Å². The predicted molar refractivity (Wildman–Crippen MR) is 106 cm³/mol. The number of fused-ring (bicyclic) bond motifs is 1. The predicted octanol–water partition coefficient (Wildman–Crippen LogP) is 2.68. The molecule has 0 unspecified atom stereocenters. The number of hydrogen-bond acceptors (Lipinski definition) is 8. The highest BCUT2D eigenvalue weighted by Crippen LogP contribution is 2.35. The van der Waals surface area contributed by atoms with Crippen LogP contribution < -0.4 is 15.0 Å². The molecule has 2 heterocycles. The molecule has 0 saturated carbocycles. The van der Waals surface area contributed by atoms with Gasteiger partial charge < -0.3 is 14.2 Å². The van der Waals surface area contributed by atoms with Gasteiger partial charge >= 0.3 is 5.97 Å². The standard InChI is InChI=1S/C20H19N3O7/c1-4-29-17-8-14(15(23(26)27)9-16(17)28-3)20(25)30-11-13-7-19(24)22-10-12(2)5-6-18(22)21-13/h5-10H,4,11H2,1-3H3. The molecule has 0 fully saturated rings. The summed E-state index contributed by atoms with van der Waals surface area (Å²) < 4.78 is 17.0. The average molecular weight is 413 g/mol. The van der Waals surface area contributed by atoms with Crippen LogP contribution in [0.1, 0.15) is 28.5 Å². The average Bonchev–Trinajstić information content (AvgIpc) is 2.72. The van der Waals surface area contributed by atoms with Crippen LogP contribution in [0.3, 0.4) is 0 Å². The number of ether oxygens (including phenoxy) is 3. The molecule has 0 aliphatic carbocycles. The first kappa shape index (κ1) is 20.8. The number of nitro benzene ring substituents is 1. The largest absolute Gasteiger partial charge is 0.493 e. The number of benzene rings is 1. The smallest absolute Gasteiger partial charge is 0.345 e. The molecule has 1 aromatic carbocycles. The molecule has 0 bridgehead atoms. The van der Waals surface area contributed by atoms with E-state index in [2.05, 4.69) is 4.98 Å². The van der Waals surface area contributed by atoms with E-state index < -0.39 is 16.6 Å². The number of esters is 1. The number of aryl methyl sites for hydroxylation is 1. The summed E-state index contributed by atoms with van der Waals surface area (Å²) in [5, 5.41) is 11.4. The third-order valence-electron chi connectivity index (χ3n) is 4.21. The Bertz CT molecular complexity index is 1190. The van der Waals surface area contributed by atoms with Crippen LogP contribution in [0.25, 0.3) is 5.65 Å². The Balaban J connectivity index is 1.89. The van der Waals surface area contributed by atoms with Crippen molar-refractivity contribution >= 4 is 17.3 Å². The molecular weight excluding hydrogens is 394 g/mol. The number of carbonyl (C=O) groups is 1. The summed E-state index contributed by atoms with van der Waals surface area (Å²) in [5.74, 6) is -0.647. The van der Waals surface area contributed by atoms with Crippen LogP contribution in [0, 0.1) is 17.0 Å². The van der Waals surface area contributed by atoms with E-state index in [4.69, 9.17) is 14.2 Å². The van der Waals surface area contributed by atoms with Gasteiger partial charge in [0.2, 0.25) is 0 Å². The van der Waals surface area contributed by atoms with E-state index >= 15 is 0 Å². The molecule has 0 amide bonds. The highest BCUT2D eigenvalue weighted by atomic mass is 16.6. The Labute approximate surface area is 170 Å². The third-order valence-corrected chi connectivity index (χ3v) is 4.21. The van der Waals surface area contributed by atoms with Gasteiger partial charge in [-0.15, -0.1) is 0 Å². The molecule has 0 saturated heterocycles. The molecule has 3 rings (SSSR count). The molecule has 2 aromatic heterocycles. The second-order valence-electron chi connectivity index (χ2n) is 6.31. The molecule has 0 aliphatic heterocycles. The van der Waals surface area contributed by atoms with Gasteiger partial charge in [-0.2, -0.15) is 0 Å². The second kappa shape index (κ2) is 8.60. The minimum atomic E-state index is -0.948. The summed E-state index contributed by atoms with van der Waals surface area (Å²) in [5.41, 5.74) is 0.401. The number of nitrogens with zero attached hydrogens (tertiary/aromatic N) is 3. The molecule has 30 heavy (non-hydrogen) atoms. The maximum atomic E-state index is 12.6. The number of nitro groups is 1. The summed E-state index contributed by atoms with van der Waals surface area (Å²) in [4.78, 5) is 39.8. The maximum absolute atomic E-state index is 12.6. The fraction of sp³-hybridized carbons (Fsp3) is 0.250. The van der Waals surface area contributed by atoms with Crippen molar-refractivity contribution in [1.82, 2.24) is 9.38 Å². The Morgan fingerprint density at radius 1 is 1.23 bits per heavy atom. The van der Waals surface area contributed by atoms with Gasteiger partial charge in [0, 0.05) is 18.3 Å². The van der Waals surface area contributed by atoms with E-state index in [1.807, 2.05) is 6.92 Å². The van der Waals surface area contributed by atoms with E-state index in [1.165, 1.54) is 23.6 Å². The van der Waals surface area contributed by atoms with Crippen LogP contribution >= 0.6 is 0 Å². The van der Waals surface area contributed by atoms with Gasteiger partial charge in [-0.1, -0.05) is 6.07 Å². The minimum absolute atomic E-state index is 0.125. The SMILES string of the molecule is CCOc1cc(C(=O)OCc2cc(=O)n3cc(C)ccc3n2)c([N+](=O)[O-])cc1OC. The molecule has 3 aromatic rings. The Morgan fingerprint density at radius 2 is 2.00 bits per heavy atom. The lowest BCUT2D eigenvalue weighted by Gasteiger charge is -2.12. The van der Waals surface area contributed by atoms with E-state index in [0.717, 1.165) is 11.6 Å². The highest BCUT2D eigenvalue weighted by molar-refractivity contribution is 5.95. The molecule has 0 spiro atoms. The molecule has 0 aliphatic rings. The first-order valence-corrected chi connectivity index (χ1v) is 8.99. The summed E-state index contributed by atoms with van der Waals surface area (Å²) >= 11 is 0. The van der Waals surface area contributed by atoms with Crippen molar-refractivity contribution < 1.29 is 23.9 Å². The van der Waals surface area contributed by atoms with Crippen molar-refractivity contribution in [1.29, 1.82) is 0 Å². The van der Waals surface area contributed by atoms with Gasteiger partial charge in [-0.3, -0.25) is 19.3 Å². The summed E-state index contributed by atoms with van der Waals surface area (Å²) in [6.45, 7) is 3.52. The van der Waals surface area contributed by atoms with Gasteiger partial charge in [0.25, 0.3) is 11.2 Å². The number of hydrogen-bond donors (Lipinski definition) is 0. The van der Waals surface area contributed by atoms with Crippen LogP contribution in [-0.2, 0) is 11.3 Å². The maximum Gasteiger partial charge on any atom is 0.345 e. The van der Waals surface area contributed by atoms with Crippen molar-refractivity contribution in [3.63, 3.8) is 0 Å². The fourth-order valence-electron chi connectivity index (χ4n) is 2.84. The number of aromatic nitrogens is 2. The Morgan fingerprint density at radius 3 is 2.67 bits per heavy atom. The van der Waals surface area contributed by atoms with Gasteiger partial charge in [-0.05, 0) is 25.5 Å². The van der Waals surface area contributed by atoms with E-state index in [9.17, 15) is 19.7 Å². The third kappa shape index (κ3) is 4.22. The minimum Gasteiger partial charge on any atom is -0.493 e. The Hall–Kier alpha value is -3.95.